The highest BCUT2D eigenvalue weighted by atomic mass is 19.4. The summed E-state index contributed by atoms with van der Waals surface area (Å²) in [6, 6.07) is 11.8. The Morgan fingerprint density at radius 1 is 1.05 bits per heavy atom. The molecule has 1 aliphatic rings. The second kappa shape index (κ2) is 18.7. The molecule has 1 aromatic heterocycles. The number of carboxylic acids is 1. The summed E-state index contributed by atoms with van der Waals surface area (Å²) in [5, 5.41) is 13.0. The van der Waals surface area contributed by atoms with Crippen molar-refractivity contribution in [2.24, 2.45) is 0 Å². The van der Waals surface area contributed by atoms with Gasteiger partial charge in [0.25, 0.3) is 0 Å². The maximum atomic E-state index is 12.2. The third-order valence-electron chi connectivity index (χ3n) is 6.35. The summed E-state index contributed by atoms with van der Waals surface area (Å²) in [6.07, 6.45) is -0.464. The van der Waals surface area contributed by atoms with Crippen LogP contribution in [-0.2, 0) is 16.1 Å². The summed E-state index contributed by atoms with van der Waals surface area (Å²) < 4.78 is 42.7. The Hall–Kier alpha value is -3.62. The number of halogens is 3. The summed E-state index contributed by atoms with van der Waals surface area (Å²) in [5.74, 6) is -1.94. The van der Waals surface area contributed by atoms with Crippen molar-refractivity contribution in [3.63, 3.8) is 0 Å². The van der Waals surface area contributed by atoms with Crippen molar-refractivity contribution in [1.29, 1.82) is 0 Å². The van der Waals surface area contributed by atoms with Crippen LogP contribution in [0, 0.1) is 0 Å². The zero-order valence-electron chi connectivity index (χ0n) is 24.1. The maximum Gasteiger partial charge on any atom is 0.490 e. The number of aromatic nitrogens is 1. The van der Waals surface area contributed by atoms with Crippen LogP contribution in [0.3, 0.4) is 0 Å². The van der Waals surface area contributed by atoms with Crippen LogP contribution in [0.2, 0.25) is 0 Å². The number of methoxy groups -OCH3 is 1. The number of piperazine rings is 1. The third-order valence-corrected chi connectivity index (χ3v) is 6.35. The Kier molecular flexibility index (Phi) is 15.4. The van der Waals surface area contributed by atoms with E-state index in [0.717, 1.165) is 63.5 Å². The van der Waals surface area contributed by atoms with Gasteiger partial charge in [-0.15, -0.1) is 0 Å². The largest absolute Gasteiger partial charge is 0.492 e. The van der Waals surface area contributed by atoms with Gasteiger partial charge in [0.15, 0.2) is 0 Å². The number of aliphatic carboxylic acids is 1. The third kappa shape index (κ3) is 14.3. The number of hydrogen-bond acceptors (Lipinski definition) is 8. The van der Waals surface area contributed by atoms with Crippen LogP contribution >= 0.6 is 0 Å². The van der Waals surface area contributed by atoms with E-state index < -0.39 is 12.1 Å². The monoisotopic (exact) mass is 598 g/mol. The number of nitrogens with one attached hydrogen (secondary N) is 2. The van der Waals surface area contributed by atoms with Crippen LogP contribution in [0.5, 0.6) is 5.75 Å². The normalized spacial score (nSPS) is 13.7. The number of amides is 2. The van der Waals surface area contributed by atoms with Gasteiger partial charge in [-0.3, -0.25) is 9.88 Å². The van der Waals surface area contributed by atoms with Crippen LogP contribution in [0.15, 0.2) is 48.8 Å². The van der Waals surface area contributed by atoms with Crippen molar-refractivity contribution >= 4 is 17.7 Å². The summed E-state index contributed by atoms with van der Waals surface area (Å²) in [5.41, 5.74) is 2.25. The van der Waals surface area contributed by atoms with Crippen molar-refractivity contribution < 1.29 is 37.3 Å². The first-order valence-electron chi connectivity index (χ1n) is 13.7. The fourth-order valence-corrected chi connectivity index (χ4v) is 3.96. The van der Waals surface area contributed by atoms with Crippen LogP contribution in [0.1, 0.15) is 12.0 Å². The van der Waals surface area contributed by atoms with Crippen LogP contribution in [-0.4, -0.2) is 118 Å². The molecule has 0 unspecified atom stereocenters. The van der Waals surface area contributed by atoms with Crippen LogP contribution in [0.25, 0.3) is 0 Å². The quantitative estimate of drug-likeness (QED) is 0.282. The molecule has 0 aliphatic carbocycles. The molecule has 1 saturated heterocycles. The van der Waals surface area contributed by atoms with Gasteiger partial charge in [0.05, 0.1) is 6.61 Å². The van der Waals surface area contributed by atoms with Gasteiger partial charge < -0.3 is 35.0 Å². The van der Waals surface area contributed by atoms with Crippen molar-refractivity contribution in [1.82, 2.24) is 25.4 Å². The molecular formula is C28H41F3N6O5. The predicted molar refractivity (Wildman–Crippen MR) is 153 cm³/mol. The first kappa shape index (κ1) is 34.6. The molecule has 11 nitrogen and oxygen atoms in total. The molecule has 0 atom stereocenters. The molecule has 0 spiro atoms. The van der Waals surface area contributed by atoms with E-state index in [9.17, 15) is 18.0 Å². The number of nitrogens with zero attached hydrogens (tertiary/aromatic N) is 4. The van der Waals surface area contributed by atoms with Gasteiger partial charge in [0.2, 0.25) is 0 Å². The SMILES string of the molecule is COCCN(C)CCOc1cccc(CNC(=O)NCCCN2CCN(c3ccncc3)CC2)c1.O=C(O)C(F)(F)F. The van der Waals surface area contributed by atoms with Gasteiger partial charge in [-0.05, 0) is 49.8 Å². The molecule has 2 heterocycles. The molecule has 2 amide bonds. The Morgan fingerprint density at radius 3 is 2.36 bits per heavy atom. The van der Waals surface area contributed by atoms with Crippen LogP contribution in [0.4, 0.5) is 23.7 Å². The van der Waals surface area contributed by atoms with Gasteiger partial charge in [0.1, 0.15) is 12.4 Å². The topological polar surface area (TPSA) is 120 Å². The molecule has 0 radical (unpaired) electrons. The molecule has 42 heavy (non-hydrogen) atoms. The molecule has 0 bridgehead atoms. The lowest BCUT2D eigenvalue weighted by Gasteiger charge is -2.36. The second-order valence-corrected chi connectivity index (χ2v) is 9.59. The summed E-state index contributed by atoms with van der Waals surface area (Å²) in [7, 11) is 3.75. The minimum atomic E-state index is -5.08. The number of carboxylic acid groups (broad SMARTS) is 1. The van der Waals surface area contributed by atoms with Crippen LogP contribution < -0.4 is 20.3 Å². The van der Waals surface area contributed by atoms with E-state index in [1.807, 2.05) is 43.7 Å². The van der Waals surface area contributed by atoms with E-state index in [4.69, 9.17) is 19.4 Å². The molecule has 3 N–H and O–H groups in total. The number of rotatable bonds is 14. The fourth-order valence-electron chi connectivity index (χ4n) is 3.96. The fraction of sp³-hybridized carbons (Fsp3) is 0.536. The smallest absolute Gasteiger partial charge is 0.490 e. The van der Waals surface area contributed by atoms with Gasteiger partial charge in [-0.1, -0.05) is 12.1 Å². The summed E-state index contributed by atoms with van der Waals surface area (Å²) >= 11 is 0. The minimum absolute atomic E-state index is 0.140. The van der Waals surface area contributed by atoms with E-state index in [1.54, 1.807) is 7.11 Å². The lowest BCUT2D eigenvalue weighted by molar-refractivity contribution is -0.192. The molecule has 14 heteroatoms. The number of pyridine rings is 1. The number of carbonyl (C=O) groups excluding carboxylic acids is 1. The number of alkyl halides is 3. The highest BCUT2D eigenvalue weighted by molar-refractivity contribution is 5.73. The predicted octanol–water partition coefficient (Wildman–Crippen LogP) is 2.68. The Labute approximate surface area is 244 Å². The Balaban J connectivity index is 0.000000782. The highest BCUT2D eigenvalue weighted by Gasteiger charge is 2.38. The molecule has 1 aromatic carbocycles. The number of anilines is 1. The summed E-state index contributed by atoms with van der Waals surface area (Å²) in [4.78, 5) is 32.2. The number of carbonyl (C=O) groups is 2. The van der Waals surface area contributed by atoms with Crippen molar-refractivity contribution in [3.8, 4) is 5.75 Å². The molecular weight excluding hydrogens is 557 g/mol. The zero-order chi connectivity index (χ0) is 30.8. The molecule has 1 fully saturated rings. The van der Waals surface area contributed by atoms with Gasteiger partial charge in [-0.2, -0.15) is 13.2 Å². The number of benzene rings is 1. The van der Waals surface area contributed by atoms with E-state index >= 15 is 0 Å². The lowest BCUT2D eigenvalue weighted by Crippen LogP contribution is -2.47. The zero-order valence-corrected chi connectivity index (χ0v) is 24.1. The van der Waals surface area contributed by atoms with Gasteiger partial charge in [0, 0.05) is 77.5 Å². The van der Waals surface area contributed by atoms with E-state index in [1.165, 1.54) is 5.69 Å². The second-order valence-electron chi connectivity index (χ2n) is 9.59. The number of likely N-dealkylation sites (N-methyl/N-ethyl adjacent to an activating group) is 1. The highest BCUT2D eigenvalue weighted by Crippen LogP contribution is 2.15. The van der Waals surface area contributed by atoms with Gasteiger partial charge in [-0.25, -0.2) is 9.59 Å². The van der Waals surface area contributed by atoms with E-state index in [2.05, 4.69) is 42.5 Å². The first-order valence-corrected chi connectivity index (χ1v) is 13.7. The van der Waals surface area contributed by atoms with E-state index in [-0.39, 0.29) is 6.03 Å². The number of ether oxygens (including phenoxy) is 2. The molecule has 1 aliphatic heterocycles. The Bertz CT molecular complexity index is 1060. The van der Waals surface area contributed by atoms with Crippen molar-refractivity contribution in [2.45, 2.75) is 19.1 Å². The standard InChI is InChI=1S/C26H40N6O3.C2HF3O2/c1-30(17-19-34-2)18-20-35-25-6-3-5-23(21-25)22-29-26(33)28-9-4-12-31-13-15-32(16-14-31)24-7-10-27-11-8-24;3-2(4,5)1(6)7/h3,5-8,10-11,21H,4,9,12-20,22H2,1-2H3,(H2,28,29,33);(H,6,7). The average Bonchev–Trinajstić information content (AvgIpc) is 2.98. The summed E-state index contributed by atoms with van der Waals surface area (Å²) in [6.45, 7) is 9.26. The lowest BCUT2D eigenvalue weighted by atomic mass is 10.2. The Morgan fingerprint density at radius 2 is 1.71 bits per heavy atom. The number of hydrogen-bond donors (Lipinski definition) is 3. The minimum Gasteiger partial charge on any atom is -0.492 e. The molecule has 0 saturated carbocycles. The maximum absolute atomic E-state index is 12.2. The molecule has 2 aromatic rings. The average molecular weight is 599 g/mol. The molecule has 3 rings (SSSR count). The van der Waals surface area contributed by atoms with Crippen molar-refractivity contribution in [3.05, 3.63) is 54.4 Å². The number of urea groups is 1. The van der Waals surface area contributed by atoms with Crippen molar-refractivity contribution in [2.75, 3.05) is 84.6 Å². The van der Waals surface area contributed by atoms with E-state index in [0.29, 0.717) is 26.3 Å². The first-order chi connectivity index (χ1) is 20.1. The molecule has 234 valence electrons. The van der Waals surface area contributed by atoms with Gasteiger partial charge >= 0.3 is 18.2 Å².